The predicted octanol–water partition coefficient (Wildman–Crippen LogP) is 12.7. The lowest BCUT2D eigenvalue weighted by atomic mass is 10.0. The second kappa shape index (κ2) is 13.0. The molecular weight excluding hydrogens is 683 g/mol. The molecule has 0 spiro atoms. The summed E-state index contributed by atoms with van der Waals surface area (Å²) in [5.74, 6) is 0.667. The lowest BCUT2D eigenvalue weighted by Crippen LogP contribution is -2.07. The zero-order valence-corrected chi connectivity index (χ0v) is 29.7. The molecule has 0 radical (unpaired) electrons. The minimum atomic E-state index is -0.309. The van der Waals surface area contributed by atoms with Gasteiger partial charge < -0.3 is 4.57 Å². The third-order valence-electron chi connectivity index (χ3n) is 10.1. The first-order valence-electron chi connectivity index (χ1n) is 22.2. The standard InChI is InChI=1S/C51H33N5/c1-4-16-34(17-5-1)37-22-14-24-39(32-37)50-52-49(36-20-8-3-9-21-36)53-51(54-50)56-46-29-13-11-27-42(46)44-31-30-43-41-26-10-12-28-45(41)55(47(43)48(44)56)40-25-15-23-38(33-40)35-18-6-2-7-19-35/h1-33H/i10D,11D,26D,27D,28D,29D,30D,31D. The van der Waals surface area contributed by atoms with Crippen molar-refractivity contribution >= 4 is 43.6 Å². The van der Waals surface area contributed by atoms with E-state index in [4.69, 9.17) is 17.7 Å². The maximum atomic E-state index is 9.71. The third kappa shape index (κ3) is 5.21. The van der Waals surface area contributed by atoms with Crippen molar-refractivity contribution in [3.8, 4) is 56.7 Å². The van der Waals surface area contributed by atoms with Crippen LogP contribution in [0.5, 0.6) is 0 Å². The molecule has 0 aliphatic carbocycles. The van der Waals surface area contributed by atoms with Gasteiger partial charge in [-0.25, -0.2) is 4.98 Å². The van der Waals surface area contributed by atoms with Gasteiger partial charge in [-0.05, 0) is 52.5 Å². The molecule has 0 atom stereocenters. The summed E-state index contributed by atoms with van der Waals surface area (Å²) < 4.78 is 77.8. The molecule has 0 saturated carbocycles. The average molecular weight is 724 g/mol. The van der Waals surface area contributed by atoms with Crippen molar-refractivity contribution in [3.05, 3.63) is 200 Å². The molecule has 262 valence electrons. The fraction of sp³-hybridized carbons (Fsp3) is 0. The van der Waals surface area contributed by atoms with Crippen LogP contribution in [0.25, 0.3) is 100 Å². The lowest BCUT2D eigenvalue weighted by molar-refractivity contribution is 0.953. The Morgan fingerprint density at radius 3 is 1.46 bits per heavy atom. The van der Waals surface area contributed by atoms with Gasteiger partial charge in [0.05, 0.1) is 33.0 Å². The molecule has 0 fully saturated rings. The summed E-state index contributed by atoms with van der Waals surface area (Å²) in [7, 11) is 0. The van der Waals surface area contributed by atoms with Gasteiger partial charge in [-0.1, -0.05) is 170 Å². The number of aromatic nitrogens is 5. The van der Waals surface area contributed by atoms with Crippen molar-refractivity contribution in [3.63, 3.8) is 0 Å². The van der Waals surface area contributed by atoms with E-state index in [0.29, 0.717) is 34.0 Å². The van der Waals surface area contributed by atoms with Gasteiger partial charge in [0.15, 0.2) is 11.6 Å². The molecule has 11 rings (SSSR count). The maximum Gasteiger partial charge on any atom is 0.238 e. The van der Waals surface area contributed by atoms with Gasteiger partial charge in [-0.15, -0.1) is 0 Å². The molecule has 3 aromatic heterocycles. The number of rotatable bonds is 6. The minimum Gasteiger partial charge on any atom is -0.307 e. The Bertz CT molecular complexity index is 3700. The summed E-state index contributed by atoms with van der Waals surface area (Å²) in [6, 6.07) is 45.5. The Balaban J connectivity index is 1.35. The first-order valence-corrected chi connectivity index (χ1v) is 18.2. The smallest absolute Gasteiger partial charge is 0.238 e. The highest BCUT2D eigenvalue weighted by Crippen LogP contribution is 2.42. The Labute approximate surface area is 334 Å². The molecule has 0 amide bonds. The fourth-order valence-electron chi connectivity index (χ4n) is 7.60. The van der Waals surface area contributed by atoms with E-state index < -0.39 is 0 Å². The number of fused-ring (bicyclic) bond motifs is 7. The highest BCUT2D eigenvalue weighted by atomic mass is 15.2. The quantitative estimate of drug-likeness (QED) is 0.172. The molecule has 0 aliphatic heterocycles. The van der Waals surface area contributed by atoms with E-state index in [-0.39, 0.29) is 92.4 Å². The van der Waals surface area contributed by atoms with Crippen molar-refractivity contribution in [1.29, 1.82) is 0 Å². The molecule has 3 heterocycles. The van der Waals surface area contributed by atoms with E-state index in [1.54, 1.807) is 9.13 Å². The summed E-state index contributed by atoms with van der Waals surface area (Å²) in [5.41, 5.74) is 6.56. The van der Waals surface area contributed by atoms with E-state index in [9.17, 15) is 8.22 Å². The number of hydrogen-bond donors (Lipinski definition) is 0. The van der Waals surface area contributed by atoms with Crippen molar-refractivity contribution < 1.29 is 11.0 Å². The number of para-hydroxylation sites is 2. The molecule has 0 aliphatic rings. The Kier molecular flexibility index (Phi) is 5.74. The monoisotopic (exact) mass is 723 g/mol. The summed E-state index contributed by atoms with van der Waals surface area (Å²) in [5, 5.41) is 0.496. The minimum absolute atomic E-state index is 0.0474. The van der Waals surface area contributed by atoms with Crippen LogP contribution in [0.4, 0.5) is 0 Å². The first kappa shape index (κ1) is 24.6. The average Bonchev–Trinajstić information content (AvgIpc) is 3.89. The molecule has 0 bridgehead atoms. The van der Waals surface area contributed by atoms with Crippen molar-refractivity contribution in [2.24, 2.45) is 0 Å². The molecule has 0 unspecified atom stereocenters. The SMILES string of the molecule is [2H]c1cc([2H])c2c(c1[2H])c1c([2H])c([2H])c3c4c([2H])c([2H])cc([2H])c4n(-c4nc(-c5ccccc5)nc(-c5cccc(-c6ccccc6)c5)n4)c3c1n2-c1cccc(-c2ccccc2)c1. The van der Waals surface area contributed by atoms with Crippen LogP contribution in [0.15, 0.2) is 200 Å². The van der Waals surface area contributed by atoms with E-state index in [1.807, 2.05) is 140 Å². The zero-order valence-electron chi connectivity index (χ0n) is 37.7. The highest BCUT2D eigenvalue weighted by molar-refractivity contribution is 6.23. The third-order valence-corrected chi connectivity index (χ3v) is 10.1. The summed E-state index contributed by atoms with van der Waals surface area (Å²) in [6.45, 7) is 0. The zero-order chi connectivity index (χ0) is 44.0. The summed E-state index contributed by atoms with van der Waals surface area (Å²) in [4.78, 5) is 15.2. The Morgan fingerprint density at radius 2 is 0.839 bits per heavy atom. The molecule has 5 heteroatoms. The second-order valence-electron chi connectivity index (χ2n) is 13.4. The van der Waals surface area contributed by atoms with Gasteiger partial charge in [0, 0.05) is 38.4 Å². The first-order chi connectivity index (χ1) is 31.1. The molecule has 5 nitrogen and oxygen atoms in total. The summed E-state index contributed by atoms with van der Waals surface area (Å²) in [6.07, 6.45) is 0. The topological polar surface area (TPSA) is 48.5 Å². The van der Waals surface area contributed by atoms with Crippen LogP contribution in [0.1, 0.15) is 11.0 Å². The molecule has 11 aromatic rings. The Morgan fingerprint density at radius 1 is 0.357 bits per heavy atom. The fourth-order valence-corrected chi connectivity index (χ4v) is 7.60. The molecular formula is C51H33N5. The van der Waals surface area contributed by atoms with Gasteiger partial charge in [-0.2, -0.15) is 9.97 Å². The van der Waals surface area contributed by atoms with E-state index >= 15 is 0 Å². The van der Waals surface area contributed by atoms with Crippen LogP contribution in [0, 0.1) is 0 Å². The lowest BCUT2D eigenvalue weighted by Gasteiger charge is -2.14. The molecule has 56 heavy (non-hydrogen) atoms. The van der Waals surface area contributed by atoms with E-state index in [1.165, 1.54) is 12.1 Å². The number of hydrogen-bond acceptors (Lipinski definition) is 3. The molecule has 0 saturated heterocycles. The van der Waals surface area contributed by atoms with Crippen LogP contribution in [0.3, 0.4) is 0 Å². The Hall–Kier alpha value is -7.63. The van der Waals surface area contributed by atoms with Crippen LogP contribution in [-0.2, 0) is 0 Å². The normalized spacial score (nSPS) is 13.6. The predicted molar refractivity (Wildman–Crippen MR) is 230 cm³/mol. The number of benzene rings is 8. The van der Waals surface area contributed by atoms with Crippen molar-refractivity contribution in [2.75, 3.05) is 0 Å². The van der Waals surface area contributed by atoms with E-state index in [0.717, 1.165) is 22.3 Å². The van der Waals surface area contributed by atoms with E-state index in [2.05, 4.69) is 0 Å². The maximum absolute atomic E-state index is 9.71. The second-order valence-corrected chi connectivity index (χ2v) is 13.4. The van der Waals surface area contributed by atoms with Crippen LogP contribution < -0.4 is 0 Å². The van der Waals surface area contributed by atoms with Gasteiger partial charge in [0.2, 0.25) is 5.95 Å². The van der Waals surface area contributed by atoms with Crippen LogP contribution in [-0.4, -0.2) is 24.1 Å². The summed E-state index contributed by atoms with van der Waals surface area (Å²) >= 11 is 0. The van der Waals surface area contributed by atoms with Gasteiger partial charge in [0.25, 0.3) is 0 Å². The van der Waals surface area contributed by atoms with Gasteiger partial charge in [-0.3, -0.25) is 4.57 Å². The van der Waals surface area contributed by atoms with Gasteiger partial charge >= 0.3 is 0 Å². The number of nitrogens with zero attached hydrogens (tertiary/aromatic N) is 5. The van der Waals surface area contributed by atoms with Crippen LogP contribution >= 0.6 is 0 Å². The van der Waals surface area contributed by atoms with Crippen molar-refractivity contribution in [1.82, 2.24) is 24.1 Å². The van der Waals surface area contributed by atoms with Gasteiger partial charge in [0.1, 0.15) is 0 Å². The largest absolute Gasteiger partial charge is 0.307 e. The van der Waals surface area contributed by atoms with Crippen molar-refractivity contribution in [2.45, 2.75) is 0 Å². The molecule has 8 aromatic carbocycles. The van der Waals surface area contributed by atoms with Crippen LogP contribution in [0.2, 0.25) is 0 Å². The molecule has 0 N–H and O–H groups in total. The highest BCUT2D eigenvalue weighted by Gasteiger charge is 2.23.